The number of aryl methyl sites for hydroxylation is 1. The van der Waals surface area contributed by atoms with Crippen LogP contribution in [0, 0.1) is 5.92 Å². The van der Waals surface area contributed by atoms with Crippen molar-refractivity contribution >= 4 is 33.5 Å². The van der Waals surface area contributed by atoms with E-state index in [1.165, 1.54) is 0 Å². The van der Waals surface area contributed by atoms with Crippen LogP contribution in [0.4, 0.5) is 5.69 Å². The monoisotopic (exact) mass is 555 g/mol. The largest absolute Gasteiger partial charge is 0.329 e. The highest BCUT2D eigenvalue weighted by Gasteiger charge is 2.19. The van der Waals surface area contributed by atoms with E-state index < -0.39 is 0 Å². The Morgan fingerprint density at radius 3 is 1.98 bits per heavy atom. The first-order valence-electron chi connectivity index (χ1n) is 14.8. The van der Waals surface area contributed by atoms with Gasteiger partial charge < -0.3 is 4.57 Å². The number of hydrogen-bond acceptors (Lipinski definition) is 3. The lowest BCUT2D eigenvalue weighted by atomic mass is 10.0. The molecule has 0 bridgehead atoms. The Labute approximate surface area is 246 Å². The first kappa shape index (κ1) is 27.5. The zero-order chi connectivity index (χ0) is 29.2. The molecule has 0 aliphatic heterocycles. The van der Waals surface area contributed by atoms with E-state index in [9.17, 15) is 4.79 Å². The fourth-order valence-corrected chi connectivity index (χ4v) is 5.64. The maximum atomic E-state index is 13.6. The predicted molar refractivity (Wildman–Crippen MR) is 173 cm³/mol. The molecule has 0 fully saturated rings. The van der Waals surface area contributed by atoms with E-state index in [1.807, 2.05) is 69.8 Å². The molecule has 0 saturated heterocycles. The van der Waals surface area contributed by atoms with Gasteiger partial charge in [0.25, 0.3) is 0 Å². The molecule has 0 aliphatic carbocycles. The summed E-state index contributed by atoms with van der Waals surface area (Å²) >= 11 is 0. The lowest BCUT2D eigenvalue weighted by molar-refractivity contribution is 0.504. The summed E-state index contributed by atoms with van der Waals surface area (Å²) in [7, 11) is 0. The molecule has 6 heteroatoms. The molecule has 4 aromatic carbocycles. The van der Waals surface area contributed by atoms with Crippen molar-refractivity contribution in [2.45, 2.75) is 53.2 Å². The summed E-state index contributed by atoms with van der Waals surface area (Å²) in [5.74, 6) is 1.43. The van der Waals surface area contributed by atoms with Gasteiger partial charge in [-0.1, -0.05) is 86.6 Å². The van der Waals surface area contributed by atoms with Gasteiger partial charge in [-0.3, -0.25) is 9.13 Å². The first-order chi connectivity index (χ1) is 20.4. The third kappa shape index (κ3) is 5.32. The molecular weight excluding hydrogens is 518 g/mol. The average molecular weight is 556 g/mol. The topological polar surface area (TPSA) is 57.1 Å². The van der Waals surface area contributed by atoms with E-state index in [0.717, 1.165) is 63.4 Å². The van der Waals surface area contributed by atoms with E-state index in [-0.39, 0.29) is 11.7 Å². The van der Waals surface area contributed by atoms with Gasteiger partial charge in [-0.15, -0.1) is 0 Å². The van der Waals surface area contributed by atoms with Crippen molar-refractivity contribution < 1.29 is 0 Å². The molecule has 2 aromatic heterocycles. The van der Waals surface area contributed by atoms with Crippen LogP contribution in [0.1, 0.15) is 57.1 Å². The Morgan fingerprint density at radius 2 is 1.36 bits per heavy atom. The van der Waals surface area contributed by atoms with Crippen molar-refractivity contribution in [3.8, 4) is 0 Å². The lowest BCUT2D eigenvalue weighted by Crippen LogP contribution is -2.27. The Hall–Kier alpha value is -4.71. The molecule has 212 valence electrons. The van der Waals surface area contributed by atoms with Crippen LogP contribution in [0.15, 0.2) is 113 Å². The predicted octanol–water partition coefficient (Wildman–Crippen LogP) is 8.00. The summed E-state index contributed by atoms with van der Waals surface area (Å²) in [6.07, 6.45) is 1.02. The molecule has 0 aliphatic rings. The molecule has 0 radical (unpaired) electrons. The van der Waals surface area contributed by atoms with Gasteiger partial charge in [0.1, 0.15) is 5.82 Å². The van der Waals surface area contributed by atoms with E-state index in [1.54, 1.807) is 0 Å². The van der Waals surface area contributed by atoms with Crippen LogP contribution in [0.2, 0.25) is 0 Å². The maximum absolute atomic E-state index is 13.6. The van der Waals surface area contributed by atoms with Crippen molar-refractivity contribution in [1.82, 2.24) is 18.7 Å². The van der Waals surface area contributed by atoms with Crippen LogP contribution in [-0.4, -0.2) is 24.4 Å². The molecular formula is C36H37N5O. The molecule has 0 saturated carbocycles. The Balaban J connectivity index is 1.47. The van der Waals surface area contributed by atoms with Gasteiger partial charge in [-0.05, 0) is 56.5 Å². The molecule has 42 heavy (non-hydrogen) atoms. The van der Waals surface area contributed by atoms with Crippen LogP contribution in [-0.2, 0) is 13.1 Å². The Morgan fingerprint density at radius 1 is 0.738 bits per heavy atom. The fourth-order valence-electron chi connectivity index (χ4n) is 5.64. The van der Waals surface area contributed by atoms with E-state index in [0.29, 0.717) is 12.5 Å². The van der Waals surface area contributed by atoms with Crippen molar-refractivity contribution in [3.05, 3.63) is 131 Å². The van der Waals surface area contributed by atoms with Gasteiger partial charge in [0, 0.05) is 23.7 Å². The lowest BCUT2D eigenvalue weighted by Gasteiger charge is -2.12. The molecule has 0 atom stereocenters. The number of hydrogen-bond donors (Lipinski definition) is 0. The molecule has 6 aromatic rings. The van der Waals surface area contributed by atoms with Gasteiger partial charge in [0.2, 0.25) is 0 Å². The molecule has 0 amide bonds. The summed E-state index contributed by atoms with van der Waals surface area (Å²) < 4.78 is 6.02. The number of benzene rings is 4. The van der Waals surface area contributed by atoms with Gasteiger partial charge in [-0.2, -0.15) is 0 Å². The second-order valence-electron chi connectivity index (χ2n) is 11.5. The van der Waals surface area contributed by atoms with Gasteiger partial charge in [0.15, 0.2) is 0 Å². The number of para-hydroxylation sites is 2. The Kier molecular flexibility index (Phi) is 7.62. The molecule has 0 N–H and O–H groups in total. The summed E-state index contributed by atoms with van der Waals surface area (Å²) in [5.41, 5.74) is 7.71. The van der Waals surface area contributed by atoms with Crippen molar-refractivity contribution in [1.29, 1.82) is 0 Å². The van der Waals surface area contributed by atoms with E-state index >= 15 is 0 Å². The number of aliphatic imine (C=N–C) groups is 1. The van der Waals surface area contributed by atoms with Crippen molar-refractivity contribution in [3.63, 3.8) is 0 Å². The number of imidazole rings is 2. The van der Waals surface area contributed by atoms with Crippen LogP contribution in [0.5, 0.6) is 0 Å². The fraction of sp³-hybridized carbons (Fsp3) is 0.250. The quantitative estimate of drug-likeness (QED) is 0.170. The highest BCUT2D eigenvalue weighted by Crippen LogP contribution is 2.26. The molecule has 6 rings (SSSR count). The summed E-state index contributed by atoms with van der Waals surface area (Å²) in [6, 6.07) is 34.9. The van der Waals surface area contributed by atoms with Crippen LogP contribution in [0.3, 0.4) is 0 Å². The number of nitrogens with zero attached hydrogens (tertiary/aromatic N) is 5. The van der Waals surface area contributed by atoms with E-state index in [4.69, 9.17) is 9.98 Å². The summed E-state index contributed by atoms with van der Waals surface area (Å²) in [6.45, 7) is 9.82. The van der Waals surface area contributed by atoms with E-state index in [2.05, 4.69) is 74.7 Å². The molecule has 2 heterocycles. The van der Waals surface area contributed by atoms with Crippen molar-refractivity contribution in [2.75, 3.05) is 0 Å². The second kappa shape index (κ2) is 11.6. The van der Waals surface area contributed by atoms with Gasteiger partial charge in [-0.25, -0.2) is 14.8 Å². The van der Waals surface area contributed by atoms with Crippen LogP contribution < -0.4 is 5.69 Å². The normalized spacial score (nSPS) is 11.7. The highest BCUT2D eigenvalue weighted by atomic mass is 16.1. The minimum atomic E-state index is -0.00526. The number of aromatic nitrogens is 4. The maximum Gasteiger partial charge on any atom is 0.329 e. The minimum Gasteiger partial charge on any atom is -0.326 e. The molecule has 0 spiro atoms. The summed E-state index contributed by atoms with van der Waals surface area (Å²) in [5, 5.41) is 0. The summed E-state index contributed by atoms with van der Waals surface area (Å²) in [4.78, 5) is 23.9. The Bertz CT molecular complexity index is 1880. The number of fused-ring (bicyclic) bond motifs is 2. The SMILES string of the molecule is CC(C)CCn1c(Cn2c(=O)n(C(C)C)c3ccccc32)nc2cc(N=C(c3ccccc3)c3ccccc3)ccc21. The zero-order valence-electron chi connectivity index (χ0n) is 24.7. The molecule has 6 nitrogen and oxygen atoms in total. The first-order valence-corrected chi connectivity index (χ1v) is 14.8. The van der Waals surface area contributed by atoms with Crippen molar-refractivity contribution in [2.24, 2.45) is 10.9 Å². The van der Waals surface area contributed by atoms with Gasteiger partial charge in [0.05, 0.1) is 40.0 Å². The smallest absolute Gasteiger partial charge is 0.326 e. The third-order valence-electron chi connectivity index (χ3n) is 7.76. The molecule has 0 unspecified atom stereocenters. The minimum absolute atomic E-state index is 0.00526. The number of rotatable bonds is 9. The highest BCUT2D eigenvalue weighted by molar-refractivity contribution is 6.14. The third-order valence-corrected chi connectivity index (χ3v) is 7.76. The zero-order valence-corrected chi connectivity index (χ0v) is 24.7. The second-order valence-corrected chi connectivity index (χ2v) is 11.5. The standard InChI is InChI=1S/C36H37N5O/c1-25(2)21-22-39-31-20-19-29(37-35(27-13-7-5-8-14-27)28-15-9-6-10-16-28)23-30(31)38-34(39)24-40-32-17-11-12-18-33(32)41(26(3)4)36(40)42/h5-20,23,25-26H,21-22,24H2,1-4H3. The van der Waals surface area contributed by atoms with Crippen LogP contribution in [0.25, 0.3) is 22.1 Å². The average Bonchev–Trinajstić information content (AvgIpc) is 3.49. The van der Waals surface area contributed by atoms with Crippen LogP contribution >= 0.6 is 0 Å². The van der Waals surface area contributed by atoms with Gasteiger partial charge >= 0.3 is 5.69 Å².